The van der Waals surface area contributed by atoms with Gasteiger partial charge in [-0.1, -0.05) is 5.16 Å². The van der Waals surface area contributed by atoms with Gasteiger partial charge in [-0.15, -0.1) is 0 Å². The monoisotopic (exact) mass is 219 g/mol. The van der Waals surface area contributed by atoms with Crippen LogP contribution in [0.25, 0.3) is 11.1 Å². The van der Waals surface area contributed by atoms with Crippen LogP contribution in [0.2, 0.25) is 0 Å². The zero-order chi connectivity index (χ0) is 11.1. The average Bonchev–Trinajstić information content (AvgIpc) is 2.86. The van der Waals surface area contributed by atoms with Gasteiger partial charge in [-0.3, -0.25) is 0 Å². The quantitative estimate of drug-likeness (QED) is 0.750. The van der Waals surface area contributed by atoms with Crippen LogP contribution in [-0.4, -0.2) is 34.3 Å². The van der Waals surface area contributed by atoms with Crippen molar-refractivity contribution in [2.75, 3.05) is 18.0 Å². The van der Waals surface area contributed by atoms with Gasteiger partial charge in [0.15, 0.2) is 5.82 Å². The maximum Gasteiger partial charge on any atom is 0.227 e. The summed E-state index contributed by atoms with van der Waals surface area (Å²) in [6.45, 7) is 3.59. The van der Waals surface area contributed by atoms with E-state index < -0.39 is 0 Å². The molecule has 2 N–H and O–H groups in total. The Morgan fingerprint density at radius 2 is 2.38 bits per heavy atom. The number of nitrogens with two attached hydrogens (primary N) is 1. The van der Waals surface area contributed by atoms with Crippen molar-refractivity contribution in [3.05, 3.63) is 12.0 Å². The first-order valence-corrected chi connectivity index (χ1v) is 5.33. The van der Waals surface area contributed by atoms with Gasteiger partial charge >= 0.3 is 0 Å². The van der Waals surface area contributed by atoms with E-state index in [1.165, 1.54) is 0 Å². The normalized spacial score (nSPS) is 20.9. The van der Waals surface area contributed by atoms with E-state index in [1.807, 2.05) is 6.92 Å². The average molecular weight is 219 g/mol. The Kier molecular flexibility index (Phi) is 2.03. The van der Waals surface area contributed by atoms with Crippen molar-refractivity contribution in [2.45, 2.75) is 19.4 Å². The lowest BCUT2D eigenvalue weighted by molar-refractivity contribution is 0.449. The Morgan fingerprint density at radius 3 is 3.12 bits per heavy atom. The van der Waals surface area contributed by atoms with E-state index in [-0.39, 0.29) is 6.04 Å². The molecule has 0 amide bonds. The molecule has 6 nitrogen and oxygen atoms in total. The first-order valence-electron chi connectivity index (χ1n) is 5.33. The lowest BCUT2D eigenvalue weighted by atomic mass is 10.3. The summed E-state index contributed by atoms with van der Waals surface area (Å²) in [6, 6.07) is 0.217. The minimum Gasteiger partial charge on any atom is -0.352 e. The molecule has 0 radical (unpaired) electrons. The van der Waals surface area contributed by atoms with Gasteiger partial charge in [0.2, 0.25) is 5.58 Å². The molecule has 0 bridgehead atoms. The van der Waals surface area contributed by atoms with Crippen LogP contribution in [0, 0.1) is 6.92 Å². The van der Waals surface area contributed by atoms with Crippen molar-refractivity contribution < 1.29 is 4.52 Å². The predicted octanol–water partition coefficient (Wildman–Crippen LogP) is 0.464. The molecule has 1 fully saturated rings. The third kappa shape index (κ3) is 1.34. The molecule has 0 saturated carbocycles. The fourth-order valence-corrected chi connectivity index (χ4v) is 2.07. The summed E-state index contributed by atoms with van der Waals surface area (Å²) >= 11 is 0. The van der Waals surface area contributed by atoms with E-state index in [0.29, 0.717) is 5.58 Å². The number of hydrogen-bond acceptors (Lipinski definition) is 6. The molecule has 1 aliphatic heterocycles. The number of aromatic nitrogens is 3. The standard InChI is InChI=1S/C10H13N5O/c1-6-8-9(16-14-6)10(13-5-12-8)15-3-2-7(11)4-15/h5,7H,2-4,11H2,1H3. The van der Waals surface area contributed by atoms with E-state index in [1.54, 1.807) is 6.33 Å². The van der Waals surface area contributed by atoms with E-state index in [0.717, 1.165) is 36.5 Å². The van der Waals surface area contributed by atoms with E-state index in [4.69, 9.17) is 10.3 Å². The molecule has 0 spiro atoms. The highest BCUT2D eigenvalue weighted by atomic mass is 16.5. The van der Waals surface area contributed by atoms with E-state index >= 15 is 0 Å². The summed E-state index contributed by atoms with van der Waals surface area (Å²) in [5.74, 6) is 0.804. The molecule has 2 aromatic rings. The van der Waals surface area contributed by atoms with Crippen LogP contribution < -0.4 is 10.6 Å². The van der Waals surface area contributed by atoms with Crippen LogP contribution in [0.1, 0.15) is 12.1 Å². The summed E-state index contributed by atoms with van der Waals surface area (Å²) in [4.78, 5) is 10.6. The lowest BCUT2D eigenvalue weighted by Gasteiger charge is -2.15. The van der Waals surface area contributed by atoms with Gasteiger partial charge in [0.1, 0.15) is 17.5 Å². The summed E-state index contributed by atoms with van der Waals surface area (Å²) < 4.78 is 5.27. The minimum absolute atomic E-state index is 0.217. The Labute approximate surface area is 92.4 Å². The van der Waals surface area contributed by atoms with Crippen molar-refractivity contribution in [3.63, 3.8) is 0 Å². The van der Waals surface area contributed by atoms with Crippen LogP contribution in [0.3, 0.4) is 0 Å². The van der Waals surface area contributed by atoms with Crippen molar-refractivity contribution in [1.29, 1.82) is 0 Å². The Balaban J connectivity index is 2.09. The first kappa shape index (κ1) is 9.53. The van der Waals surface area contributed by atoms with Gasteiger partial charge in [-0.25, -0.2) is 9.97 Å². The van der Waals surface area contributed by atoms with Crippen molar-refractivity contribution in [1.82, 2.24) is 15.1 Å². The van der Waals surface area contributed by atoms with Crippen molar-refractivity contribution in [2.24, 2.45) is 5.73 Å². The Bertz CT molecular complexity index is 523. The Hall–Kier alpha value is -1.69. The molecule has 2 aromatic heterocycles. The lowest BCUT2D eigenvalue weighted by Crippen LogP contribution is -2.27. The molecule has 1 atom stereocenters. The highest BCUT2D eigenvalue weighted by Gasteiger charge is 2.24. The number of aryl methyl sites for hydroxylation is 1. The van der Waals surface area contributed by atoms with Crippen LogP contribution >= 0.6 is 0 Å². The van der Waals surface area contributed by atoms with Crippen molar-refractivity contribution in [3.8, 4) is 0 Å². The molecule has 1 aliphatic rings. The van der Waals surface area contributed by atoms with Crippen LogP contribution in [0.5, 0.6) is 0 Å². The summed E-state index contributed by atoms with van der Waals surface area (Å²) in [5, 5.41) is 3.91. The second-order valence-corrected chi connectivity index (χ2v) is 4.14. The molecule has 16 heavy (non-hydrogen) atoms. The molecular weight excluding hydrogens is 206 g/mol. The third-order valence-corrected chi connectivity index (χ3v) is 2.93. The first-order chi connectivity index (χ1) is 7.75. The fraction of sp³-hybridized carbons (Fsp3) is 0.500. The second kappa shape index (κ2) is 3.41. The summed E-state index contributed by atoms with van der Waals surface area (Å²) in [7, 11) is 0. The topological polar surface area (TPSA) is 81.1 Å². The van der Waals surface area contributed by atoms with Gasteiger partial charge in [-0.05, 0) is 13.3 Å². The number of hydrogen-bond donors (Lipinski definition) is 1. The zero-order valence-corrected chi connectivity index (χ0v) is 9.05. The molecule has 6 heteroatoms. The van der Waals surface area contributed by atoms with Crippen LogP contribution in [-0.2, 0) is 0 Å². The molecule has 0 aliphatic carbocycles. The summed E-state index contributed by atoms with van der Waals surface area (Å²) in [5.41, 5.74) is 8.12. The van der Waals surface area contributed by atoms with Gasteiger partial charge in [0.05, 0.1) is 0 Å². The van der Waals surface area contributed by atoms with E-state index in [2.05, 4.69) is 20.0 Å². The van der Waals surface area contributed by atoms with Crippen LogP contribution in [0.4, 0.5) is 5.82 Å². The van der Waals surface area contributed by atoms with Gasteiger partial charge in [0, 0.05) is 19.1 Å². The SMILES string of the molecule is Cc1noc2c(N3CCC(N)C3)ncnc12. The van der Waals surface area contributed by atoms with Crippen LogP contribution in [0.15, 0.2) is 10.9 Å². The minimum atomic E-state index is 0.217. The zero-order valence-electron chi connectivity index (χ0n) is 9.05. The molecule has 1 saturated heterocycles. The molecular formula is C10H13N5O. The smallest absolute Gasteiger partial charge is 0.227 e. The fourth-order valence-electron chi connectivity index (χ4n) is 2.07. The maximum atomic E-state index is 5.88. The number of nitrogens with zero attached hydrogens (tertiary/aromatic N) is 4. The maximum absolute atomic E-state index is 5.88. The predicted molar refractivity (Wildman–Crippen MR) is 59.1 cm³/mol. The molecule has 3 heterocycles. The highest BCUT2D eigenvalue weighted by Crippen LogP contribution is 2.26. The number of anilines is 1. The van der Waals surface area contributed by atoms with Gasteiger partial charge in [-0.2, -0.15) is 0 Å². The molecule has 1 unspecified atom stereocenters. The molecule has 84 valence electrons. The highest BCUT2D eigenvalue weighted by molar-refractivity contribution is 5.85. The van der Waals surface area contributed by atoms with Gasteiger partial charge in [0.25, 0.3) is 0 Å². The largest absolute Gasteiger partial charge is 0.352 e. The second-order valence-electron chi connectivity index (χ2n) is 4.14. The molecule has 3 rings (SSSR count). The van der Waals surface area contributed by atoms with Gasteiger partial charge < -0.3 is 15.2 Å². The Morgan fingerprint density at radius 1 is 1.50 bits per heavy atom. The third-order valence-electron chi connectivity index (χ3n) is 2.93. The summed E-state index contributed by atoms with van der Waals surface area (Å²) in [6.07, 6.45) is 2.53. The number of fused-ring (bicyclic) bond motifs is 1. The molecule has 0 aromatic carbocycles. The number of rotatable bonds is 1. The van der Waals surface area contributed by atoms with E-state index in [9.17, 15) is 0 Å². The van der Waals surface area contributed by atoms with Crippen molar-refractivity contribution >= 4 is 16.9 Å².